The molecule has 0 spiro atoms. The Morgan fingerprint density at radius 2 is 2.25 bits per heavy atom. The molecule has 2 nitrogen and oxygen atoms in total. The standard InChI is InChI=1S/CN.Ag.H2N/c1-2;;/h;;1H2/q;+1;-1. The van der Waals surface area contributed by atoms with Crippen LogP contribution in [0.3, 0.4) is 0 Å². The fraction of sp³-hybridized carbons (Fsp3) is 0. The Kier molecular flexibility index (Phi) is 3.34. The zero-order valence-electron chi connectivity index (χ0n) is 1.83. The van der Waals surface area contributed by atoms with Crippen molar-refractivity contribution in [3.63, 3.8) is 0 Å². The van der Waals surface area contributed by atoms with E-state index in [4.69, 9.17) is 9.40 Å². The van der Waals surface area contributed by atoms with Crippen molar-refractivity contribution in [2.45, 2.75) is 0 Å². The summed E-state index contributed by atoms with van der Waals surface area (Å²) in [5, 5.41) is 7.51. The van der Waals surface area contributed by atoms with Crippen molar-refractivity contribution in [3.8, 4) is 4.29 Å². The van der Waals surface area contributed by atoms with Gasteiger partial charge in [-0.2, -0.15) is 0 Å². The van der Waals surface area contributed by atoms with E-state index in [9.17, 15) is 0 Å². The summed E-state index contributed by atoms with van der Waals surface area (Å²) in [6.45, 7) is 0. The van der Waals surface area contributed by atoms with E-state index in [-0.39, 0.29) is 20.0 Å². The molecule has 0 fully saturated rings. The number of nitriles is 1. The molecule has 2 N–H and O–H groups in total. The van der Waals surface area contributed by atoms with E-state index in [2.05, 4.69) is 0 Å². The fourth-order valence-corrected chi connectivity index (χ4v) is 0. The Labute approximate surface area is 34.2 Å². The number of nitrogens with two attached hydrogens (primary N) is 1. The van der Waals surface area contributed by atoms with Crippen LogP contribution in [0.25, 0.3) is 0 Å². The zero-order valence-corrected chi connectivity index (χ0v) is 3.31. The molecule has 0 aromatic heterocycles. The van der Waals surface area contributed by atoms with Crippen molar-refractivity contribution in [2.75, 3.05) is 0 Å². The third-order valence-electron chi connectivity index (χ3n) is 0.0389. The first kappa shape index (κ1) is 4.19. The molecule has 0 radical (unpaired) electrons. The average Bonchev–Trinajstić information content (AvgIpc) is 1.37. The fourth-order valence-electron chi connectivity index (χ4n) is 0. The quantitative estimate of drug-likeness (QED) is 0.469. The molecule has 0 aromatic carbocycles. The van der Waals surface area contributed by atoms with Crippen molar-refractivity contribution < 1.29 is 20.0 Å². The minimum absolute atomic E-state index is 0.0683. The second kappa shape index (κ2) is 3.19. The maximum atomic E-state index is 7.51. The van der Waals surface area contributed by atoms with Gasteiger partial charge >= 0.3 is 33.7 Å². The number of nitrogens with zero attached hydrogens (tertiary/aromatic N) is 1. The third-order valence-corrected chi connectivity index (χ3v) is 0.230. The first-order valence-electron chi connectivity index (χ1n) is 0.548. The monoisotopic (exact) mass is 149 g/mol. The van der Waals surface area contributed by atoms with Gasteiger partial charge in [-0.05, 0) is 0 Å². The molecule has 0 heterocycles. The van der Waals surface area contributed by atoms with Gasteiger partial charge < -0.3 is 0 Å². The maximum absolute atomic E-state index is 7.51. The van der Waals surface area contributed by atoms with E-state index in [1.165, 1.54) is 0 Å². The van der Waals surface area contributed by atoms with E-state index in [1.807, 2.05) is 0 Å². The van der Waals surface area contributed by atoms with E-state index in [0.717, 1.165) is 0 Å². The second-order valence-electron chi connectivity index (χ2n) is 0.154. The van der Waals surface area contributed by atoms with Crippen molar-refractivity contribution in [1.82, 2.24) is 0 Å². The molecular weight excluding hydrogens is 148 g/mol. The minimum atomic E-state index is -0.0683. The van der Waals surface area contributed by atoms with Gasteiger partial charge in [0.1, 0.15) is 0 Å². The Morgan fingerprint density at radius 1 is 2.00 bits per heavy atom. The Balaban J connectivity index is 2.43. The predicted octanol–water partition coefficient (Wildman–Crippen LogP) is -0.576. The van der Waals surface area contributed by atoms with Gasteiger partial charge in [-0.25, -0.2) is 0 Å². The first-order valence-corrected chi connectivity index (χ1v) is 2.15. The van der Waals surface area contributed by atoms with E-state index in [1.54, 1.807) is 4.29 Å². The summed E-state index contributed by atoms with van der Waals surface area (Å²) < 4.78 is 6.44. The van der Waals surface area contributed by atoms with Crippen LogP contribution in [0.4, 0.5) is 0 Å². The van der Waals surface area contributed by atoms with Crippen molar-refractivity contribution in [1.29, 1.82) is 5.26 Å². The van der Waals surface area contributed by atoms with Crippen LogP contribution >= 0.6 is 0 Å². The van der Waals surface area contributed by atoms with Gasteiger partial charge in [0.05, 0.1) is 0 Å². The molecule has 0 aromatic rings. The van der Waals surface area contributed by atoms with E-state index in [0.29, 0.717) is 0 Å². The van der Waals surface area contributed by atoms with Gasteiger partial charge in [-0.3, -0.25) is 0 Å². The Morgan fingerprint density at radius 3 is 2.25 bits per heavy atom. The molecule has 0 aliphatic carbocycles. The van der Waals surface area contributed by atoms with Crippen LogP contribution in [0.2, 0.25) is 0 Å². The van der Waals surface area contributed by atoms with Crippen LogP contribution in [0.1, 0.15) is 0 Å². The summed E-state index contributed by atoms with van der Waals surface area (Å²) in [5.74, 6) is 0. The summed E-state index contributed by atoms with van der Waals surface area (Å²) in [5.41, 5.74) is 0. The normalized spacial score (nSPS) is 6.00. The molecule has 27 valence electrons. The molecule has 0 bridgehead atoms. The van der Waals surface area contributed by atoms with Gasteiger partial charge in [0.2, 0.25) is 0 Å². The van der Waals surface area contributed by atoms with Crippen molar-refractivity contribution in [3.05, 3.63) is 0 Å². The van der Waals surface area contributed by atoms with E-state index < -0.39 is 0 Å². The molecule has 0 atom stereocenters. The molecule has 0 unspecified atom stereocenters. The molecule has 0 saturated carbocycles. The summed E-state index contributed by atoms with van der Waals surface area (Å²) in [6.07, 6.45) is 0. The second-order valence-corrected chi connectivity index (χ2v) is 0.914. The summed E-state index contributed by atoms with van der Waals surface area (Å²) in [6, 6.07) is 0. The van der Waals surface area contributed by atoms with Crippen molar-refractivity contribution in [2.24, 2.45) is 4.14 Å². The number of rotatable bonds is 0. The number of hydrogen-bond donors (Lipinski definition) is 1. The van der Waals surface area contributed by atoms with Gasteiger partial charge in [0.25, 0.3) is 0 Å². The Bertz CT molecular complexity index is 35.8. The van der Waals surface area contributed by atoms with Gasteiger partial charge in [-0.15, -0.1) is 0 Å². The molecule has 4 heavy (non-hydrogen) atoms. The van der Waals surface area contributed by atoms with Crippen LogP contribution in [-0.4, -0.2) is 0 Å². The SMILES string of the molecule is N#[C][Ag][NH2]. The summed E-state index contributed by atoms with van der Waals surface area (Å²) in [7, 11) is 0. The van der Waals surface area contributed by atoms with Crippen LogP contribution in [0.15, 0.2) is 0 Å². The first-order chi connectivity index (χ1) is 1.91. The molecule has 0 rings (SSSR count). The predicted molar refractivity (Wildman–Crippen MR) is 9.80 cm³/mol. The summed E-state index contributed by atoms with van der Waals surface area (Å²) in [4.78, 5) is 0. The number of hydrogen-bond acceptors (Lipinski definition) is 2. The van der Waals surface area contributed by atoms with E-state index >= 15 is 0 Å². The molecule has 0 aliphatic heterocycles. The third kappa shape index (κ3) is 2.19. The van der Waals surface area contributed by atoms with Crippen LogP contribution in [0.5, 0.6) is 0 Å². The van der Waals surface area contributed by atoms with Gasteiger partial charge in [-0.1, -0.05) is 0 Å². The van der Waals surface area contributed by atoms with Gasteiger partial charge in [0, 0.05) is 0 Å². The molecular formula is CH2AgN2. The van der Waals surface area contributed by atoms with Crippen LogP contribution in [-0.2, 0) is 20.0 Å². The average molecular weight is 150 g/mol. The van der Waals surface area contributed by atoms with Crippen LogP contribution in [0, 0.1) is 9.55 Å². The Hall–Kier alpha value is 0.190. The topological polar surface area (TPSA) is 49.8 Å². The molecule has 0 aliphatic rings. The molecule has 0 saturated heterocycles. The molecule has 3 heteroatoms. The van der Waals surface area contributed by atoms with Crippen molar-refractivity contribution >= 4 is 0 Å². The molecule has 0 amide bonds. The van der Waals surface area contributed by atoms with Gasteiger partial charge in [0.15, 0.2) is 0 Å². The summed E-state index contributed by atoms with van der Waals surface area (Å²) >= 11 is -0.0683. The van der Waals surface area contributed by atoms with Crippen LogP contribution < -0.4 is 4.14 Å². The zero-order chi connectivity index (χ0) is 3.41.